The summed E-state index contributed by atoms with van der Waals surface area (Å²) in [7, 11) is -1.91. The minimum Gasteiger partial charge on any atom is -0.486 e. The molecule has 2 fully saturated rings. The van der Waals surface area contributed by atoms with Crippen molar-refractivity contribution in [3.05, 3.63) is 101 Å². The number of methoxy groups -OCH3 is 1. The third-order valence-electron chi connectivity index (χ3n) is 7.71. The summed E-state index contributed by atoms with van der Waals surface area (Å²) in [5.41, 5.74) is 4.36. The van der Waals surface area contributed by atoms with Crippen LogP contribution in [-0.2, 0) is 20.5 Å². The maximum atomic E-state index is 13.5. The highest BCUT2D eigenvalue weighted by atomic mass is 32.2. The molecule has 2 heterocycles. The topological polar surface area (TPSA) is 76.1 Å². The Bertz CT molecular complexity index is 1430. The van der Waals surface area contributed by atoms with Gasteiger partial charge >= 0.3 is 0 Å². The molecular weight excluding hydrogens is 512 g/mol. The summed E-state index contributed by atoms with van der Waals surface area (Å²) < 4.78 is 40.5. The van der Waals surface area contributed by atoms with Crippen LogP contribution in [0.5, 0.6) is 5.75 Å². The summed E-state index contributed by atoms with van der Waals surface area (Å²) in [5.74, 6) is 0.433. The summed E-state index contributed by atoms with van der Waals surface area (Å²) in [4.78, 5) is 15.1. The van der Waals surface area contributed by atoms with Gasteiger partial charge in [-0.2, -0.15) is 4.31 Å². The van der Waals surface area contributed by atoms with E-state index >= 15 is 0 Å². The van der Waals surface area contributed by atoms with E-state index in [2.05, 4.69) is 0 Å². The van der Waals surface area contributed by atoms with Crippen LogP contribution in [0, 0.1) is 13.8 Å². The Morgan fingerprint density at radius 2 is 1.72 bits per heavy atom. The minimum atomic E-state index is -3.53. The highest BCUT2D eigenvalue weighted by molar-refractivity contribution is 7.88. The molecule has 8 heteroatoms. The second-order valence-corrected chi connectivity index (χ2v) is 12.5. The second kappa shape index (κ2) is 11.5. The predicted molar refractivity (Wildman–Crippen MR) is 151 cm³/mol. The van der Waals surface area contributed by atoms with Gasteiger partial charge in [0.1, 0.15) is 18.0 Å². The van der Waals surface area contributed by atoms with Gasteiger partial charge in [-0.15, -0.1) is 0 Å². The number of aryl methyl sites for hydroxylation is 2. The fourth-order valence-corrected chi connectivity index (χ4v) is 7.43. The van der Waals surface area contributed by atoms with Crippen LogP contribution >= 0.6 is 0 Å². The van der Waals surface area contributed by atoms with Gasteiger partial charge in [-0.05, 0) is 61.6 Å². The molecule has 3 unspecified atom stereocenters. The number of likely N-dealkylation sites (tertiary alicyclic amines) is 1. The Labute approximate surface area is 231 Å². The molecule has 2 aliphatic rings. The number of carbonyl (C=O) groups excluding carboxylic acids is 1. The first kappa shape index (κ1) is 27.4. The van der Waals surface area contributed by atoms with Crippen molar-refractivity contribution in [2.24, 2.45) is 0 Å². The van der Waals surface area contributed by atoms with E-state index in [0.29, 0.717) is 36.5 Å². The molecule has 0 aromatic heterocycles. The summed E-state index contributed by atoms with van der Waals surface area (Å²) in [6.07, 6.45) is 1.02. The van der Waals surface area contributed by atoms with Crippen LogP contribution in [0.1, 0.15) is 51.5 Å². The van der Waals surface area contributed by atoms with Gasteiger partial charge < -0.3 is 14.4 Å². The normalized spacial score (nSPS) is 21.8. The fourth-order valence-electron chi connectivity index (χ4n) is 5.64. The molecule has 0 bridgehead atoms. The first-order chi connectivity index (χ1) is 18.7. The third kappa shape index (κ3) is 6.03. The van der Waals surface area contributed by atoms with E-state index in [1.807, 2.05) is 80.6 Å². The molecule has 0 spiro atoms. The number of carbonyl (C=O) groups is 1. The van der Waals surface area contributed by atoms with Gasteiger partial charge in [0.05, 0.1) is 18.8 Å². The number of amides is 1. The first-order valence-electron chi connectivity index (χ1n) is 13.4. The van der Waals surface area contributed by atoms with Crippen molar-refractivity contribution in [2.45, 2.75) is 50.7 Å². The lowest BCUT2D eigenvalue weighted by molar-refractivity contribution is 0.0339. The van der Waals surface area contributed by atoms with Crippen LogP contribution < -0.4 is 4.74 Å². The molecule has 0 aliphatic carbocycles. The predicted octanol–water partition coefficient (Wildman–Crippen LogP) is 4.89. The van der Waals surface area contributed by atoms with E-state index in [9.17, 15) is 13.2 Å². The fraction of sp³-hybridized carbons (Fsp3) is 0.387. The van der Waals surface area contributed by atoms with Crippen molar-refractivity contribution in [1.29, 1.82) is 0 Å². The zero-order valence-electron chi connectivity index (χ0n) is 22.7. The van der Waals surface area contributed by atoms with Gasteiger partial charge in [0, 0.05) is 25.3 Å². The maximum absolute atomic E-state index is 13.5. The number of ether oxygens (including phenoxy) is 2. The van der Waals surface area contributed by atoms with Gasteiger partial charge in [0.2, 0.25) is 10.0 Å². The molecule has 0 radical (unpaired) electrons. The zero-order chi connectivity index (χ0) is 27.6. The number of benzene rings is 3. The standard InChI is InChI=1S/C31H36N2O5S/c1-22-14-15-23(2)27(17-22)31(34)32-19-29(37-3)30(20-32)38-26-12-7-9-24(18-26)21-39(35,36)33-16-8-13-28(33)25-10-5-4-6-11-25/h4-7,9-12,14-15,17-18,28-30H,8,13,16,19-21H2,1-3H3. The molecule has 3 atom stereocenters. The molecule has 206 valence electrons. The van der Waals surface area contributed by atoms with E-state index < -0.39 is 10.0 Å². The van der Waals surface area contributed by atoms with Crippen LogP contribution in [0.3, 0.4) is 0 Å². The molecule has 2 saturated heterocycles. The minimum absolute atomic E-state index is 0.0391. The molecule has 0 N–H and O–H groups in total. The van der Waals surface area contributed by atoms with Crippen molar-refractivity contribution in [3.63, 3.8) is 0 Å². The quantitative estimate of drug-likeness (QED) is 0.401. The molecule has 39 heavy (non-hydrogen) atoms. The van der Waals surface area contributed by atoms with Crippen molar-refractivity contribution < 1.29 is 22.7 Å². The summed E-state index contributed by atoms with van der Waals surface area (Å²) in [5, 5.41) is 0. The monoisotopic (exact) mass is 548 g/mol. The third-order valence-corrected chi connectivity index (χ3v) is 9.56. The van der Waals surface area contributed by atoms with E-state index in [0.717, 1.165) is 29.5 Å². The molecule has 2 aliphatic heterocycles. The lowest BCUT2D eigenvalue weighted by Crippen LogP contribution is -2.32. The highest BCUT2D eigenvalue weighted by Crippen LogP contribution is 2.35. The van der Waals surface area contributed by atoms with E-state index in [4.69, 9.17) is 9.47 Å². The molecule has 0 saturated carbocycles. The molecule has 1 amide bonds. The van der Waals surface area contributed by atoms with Crippen LogP contribution in [0.2, 0.25) is 0 Å². The van der Waals surface area contributed by atoms with Crippen LogP contribution in [-0.4, -0.2) is 62.5 Å². The Hall–Kier alpha value is -3.20. The number of hydrogen-bond donors (Lipinski definition) is 0. The van der Waals surface area contributed by atoms with E-state index in [1.165, 1.54) is 0 Å². The second-order valence-electron chi connectivity index (χ2n) is 10.5. The summed E-state index contributed by atoms with van der Waals surface area (Å²) in [6, 6.07) is 22.8. The van der Waals surface area contributed by atoms with Gasteiger partial charge in [-0.1, -0.05) is 60.2 Å². The van der Waals surface area contributed by atoms with E-state index in [1.54, 1.807) is 22.4 Å². The number of hydrogen-bond acceptors (Lipinski definition) is 5. The van der Waals surface area contributed by atoms with Crippen molar-refractivity contribution in [3.8, 4) is 5.75 Å². The Balaban J connectivity index is 1.28. The van der Waals surface area contributed by atoms with Crippen molar-refractivity contribution >= 4 is 15.9 Å². The largest absolute Gasteiger partial charge is 0.486 e. The molecular formula is C31H36N2O5S. The van der Waals surface area contributed by atoms with Crippen LogP contribution in [0.15, 0.2) is 72.8 Å². The first-order valence-corrected chi connectivity index (χ1v) is 15.1. The smallest absolute Gasteiger partial charge is 0.254 e. The Morgan fingerprint density at radius 1 is 0.949 bits per heavy atom. The average molecular weight is 549 g/mol. The van der Waals surface area contributed by atoms with Crippen molar-refractivity contribution in [2.75, 3.05) is 26.7 Å². The zero-order valence-corrected chi connectivity index (χ0v) is 23.6. The highest BCUT2D eigenvalue weighted by Gasteiger charge is 2.38. The van der Waals surface area contributed by atoms with Crippen molar-refractivity contribution in [1.82, 2.24) is 9.21 Å². The maximum Gasteiger partial charge on any atom is 0.254 e. The molecule has 3 aromatic rings. The lowest BCUT2D eigenvalue weighted by Gasteiger charge is -2.24. The van der Waals surface area contributed by atoms with Gasteiger partial charge in [-0.25, -0.2) is 8.42 Å². The average Bonchev–Trinajstić information content (AvgIpc) is 3.58. The number of rotatable bonds is 8. The summed E-state index contributed by atoms with van der Waals surface area (Å²) >= 11 is 0. The lowest BCUT2D eigenvalue weighted by atomic mass is 10.0. The SMILES string of the molecule is COC1CN(C(=O)c2cc(C)ccc2C)CC1Oc1cccc(CS(=O)(=O)N2CCCC2c2ccccc2)c1. The van der Waals surface area contributed by atoms with Gasteiger partial charge in [0.15, 0.2) is 0 Å². The summed E-state index contributed by atoms with van der Waals surface area (Å²) in [6.45, 7) is 5.26. The molecule has 3 aromatic carbocycles. The molecule has 7 nitrogen and oxygen atoms in total. The van der Waals surface area contributed by atoms with E-state index in [-0.39, 0.29) is 29.9 Å². The van der Waals surface area contributed by atoms with Crippen LogP contribution in [0.25, 0.3) is 0 Å². The Morgan fingerprint density at radius 3 is 2.49 bits per heavy atom. The Kier molecular flexibility index (Phi) is 8.07. The molecule has 5 rings (SSSR count). The van der Waals surface area contributed by atoms with Crippen LogP contribution in [0.4, 0.5) is 0 Å². The number of sulfonamides is 1. The number of nitrogens with zero attached hydrogens (tertiary/aromatic N) is 2. The van der Waals surface area contributed by atoms with Gasteiger partial charge in [0.25, 0.3) is 5.91 Å². The van der Waals surface area contributed by atoms with Gasteiger partial charge in [-0.3, -0.25) is 4.79 Å².